The lowest BCUT2D eigenvalue weighted by Crippen LogP contribution is -2.36. The summed E-state index contributed by atoms with van der Waals surface area (Å²) in [5.74, 6) is -0.681. The van der Waals surface area contributed by atoms with Crippen LogP contribution in [0.2, 0.25) is 0 Å². The van der Waals surface area contributed by atoms with Gasteiger partial charge in [0.25, 0.3) is 0 Å². The van der Waals surface area contributed by atoms with Crippen LogP contribution in [0.1, 0.15) is 5.56 Å². The Bertz CT molecular complexity index is 538. The number of hydrogen-bond acceptors (Lipinski definition) is 3. The smallest absolute Gasteiger partial charge is 0.378 e. The first kappa shape index (κ1) is 15.4. The monoisotopic (exact) mass is 300 g/mol. The molecule has 0 aromatic heterocycles. The van der Waals surface area contributed by atoms with Crippen molar-refractivity contribution in [1.29, 1.82) is 0 Å². The third kappa shape index (κ3) is 3.75. The topological polar surface area (TPSA) is 41.6 Å². The number of nitrogens with zero attached hydrogens (tertiary/aromatic N) is 1. The van der Waals surface area contributed by atoms with Gasteiger partial charge >= 0.3 is 6.18 Å². The Morgan fingerprint density at radius 2 is 2.00 bits per heavy atom. The molecule has 1 aliphatic heterocycles. The van der Waals surface area contributed by atoms with Crippen molar-refractivity contribution in [2.75, 3.05) is 36.5 Å². The van der Waals surface area contributed by atoms with Crippen LogP contribution in [0.5, 0.6) is 0 Å². The second-order valence-electron chi connectivity index (χ2n) is 4.52. The number of amides is 1. The molecule has 0 radical (unpaired) electrons. The third-order valence-corrected chi connectivity index (χ3v) is 3.13. The number of ether oxygens (including phenoxy) is 1. The van der Waals surface area contributed by atoms with Crippen molar-refractivity contribution in [3.63, 3.8) is 0 Å². The molecule has 0 unspecified atom stereocenters. The molecule has 1 fully saturated rings. The van der Waals surface area contributed by atoms with E-state index >= 15 is 0 Å². The van der Waals surface area contributed by atoms with Gasteiger partial charge in [0, 0.05) is 18.8 Å². The highest BCUT2D eigenvalue weighted by Gasteiger charge is 2.34. The molecule has 2 rings (SSSR count). The molecule has 1 amide bonds. The van der Waals surface area contributed by atoms with Crippen LogP contribution in [0.4, 0.5) is 24.5 Å². The number of rotatable bonds is 3. The quantitative estimate of drug-likeness (QED) is 0.873. The fourth-order valence-electron chi connectivity index (χ4n) is 2.08. The van der Waals surface area contributed by atoms with Gasteiger partial charge in [-0.3, -0.25) is 4.79 Å². The van der Waals surface area contributed by atoms with Crippen LogP contribution >= 0.6 is 0 Å². The molecule has 0 saturated carbocycles. The maximum Gasteiger partial charge on any atom is 0.418 e. The van der Waals surface area contributed by atoms with Crippen molar-refractivity contribution in [2.45, 2.75) is 6.18 Å². The second kappa shape index (κ2) is 6.17. The molecule has 0 spiro atoms. The van der Waals surface area contributed by atoms with E-state index in [0.717, 1.165) is 12.1 Å². The normalized spacial score (nSPS) is 15.7. The highest BCUT2D eigenvalue weighted by Crippen LogP contribution is 2.37. The number of anilines is 2. The summed E-state index contributed by atoms with van der Waals surface area (Å²) in [6.07, 6.45) is -3.62. The molecule has 21 heavy (non-hydrogen) atoms. The largest absolute Gasteiger partial charge is 0.418 e. The Balaban J connectivity index is 2.34. The maximum atomic E-state index is 13.1. The van der Waals surface area contributed by atoms with Gasteiger partial charge in [0.2, 0.25) is 5.91 Å². The van der Waals surface area contributed by atoms with E-state index in [0.29, 0.717) is 32.0 Å². The minimum Gasteiger partial charge on any atom is -0.378 e. The lowest BCUT2D eigenvalue weighted by atomic mass is 10.1. The van der Waals surface area contributed by atoms with Crippen LogP contribution in [0.25, 0.3) is 0 Å². The average molecular weight is 300 g/mol. The van der Waals surface area contributed by atoms with E-state index in [-0.39, 0.29) is 5.69 Å². The Morgan fingerprint density at radius 3 is 2.57 bits per heavy atom. The first-order valence-corrected chi connectivity index (χ1v) is 6.39. The first-order valence-electron chi connectivity index (χ1n) is 6.39. The fraction of sp³-hybridized carbons (Fsp3) is 0.357. The Hall–Kier alpha value is -2.02. The van der Waals surface area contributed by atoms with Gasteiger partial charge in [-0.2, -0.15) is 13.2 Å². The molecule has 0 bridgehead atoms. The van der Waals surface area contributed by atoms with E-state index in [1.165, 1.54) is 6.07 Å². The lowest BCUT2D eigenvalue weighted by molar-refractivity contribution is -0.136. The summed E-state index contributed by atoms with van der Waals surface area (Å²) < 4.78 is 44.6. The summed E-state index contributed by atoms with van der Waals surface area (Å²) in [4.78, 5) is 13.0. The highest BCUT2D eigenvalue weighted by atomic mass is 19.4. The Labute approximate surface area is 120 Å². The van der Waals surface area contributed by atoms with Crippen LogP contribution in [0.15, 0.2) is 30.9 Å². The molecule has 1 aromatic rings. The van der Waals surface area contributed by atoms with Gasteiger partial charge in [-0.25, -0.2) is 0 Å². The number of carbonyl (C=O) groups is 1. The number of carbonyl (C=O) groups excluding carboxylic acids is 1. The number of nitrogens with one attached hydrogen (secondary N) is 1. The standard InChI is InChI=1S/C14H15F3N2O2/c1-2-13(20)18-12-4-3-10(9-11(12)14(15,16)17)19-5-7-21-8-6-19/h2-4,9H,1,5-8H2,(H,18,20). The van der Waals surface area contributed by atoms with Crippen molar-refractivity contribution >= 4 is 17.3 Å². The van der Waals surface area contributed by atoms with Crippen LogP contribution in [-0.2, 0) is 15.7 Å². The maximum absolute atomic E-state index is 13.1. The van der Waals surface area contributed by atoms with Gasteiger partial charge in [0.15, 0.2) is 0 Å². The average Bonchev–Trinajstić information content (AvgIpc) is 2.47. The number of hydrogen-bond donors (Lipinski definition) is 1. The molecule has 0 aliphatic carbocycles. The zero-order chi connectivity index (χ0) is 15.5. The lowest BCUT2D eigenvalue weighted by Gasteiger charge is -2.29. The second-order valence-corrected chi connectivity index (χ2v) is 4.52. The van der Waals surface area contributed by atoms with Gasteiger partial charge in [0.1, 0.15) is 0 Å². The predicted molar refractivity (Wildman–Crippen MR) is 73.3 cm³/mol. The van der Waals surface area contributed by atoms with Gasteiger partial charge in [-0.05, 0) is 24.3 Å². The predicted octanol–water partition coefficient (Wildman–Crippen LogP) is 2.67. The summed E-state index contributed by atoms with van der Waals surface area (Å²) in [7, 11) is 0. The fourth-order valence-corrected chi connectivity index (χ4v) is 2.08. The zero-order valence-electron chi connectivity index (χ0n) is 11.2. The van der Waals surface area contributed by atoms with E-state index in [4.69, 9.17) is 4.74 Å². The Kier molecular flexibility index (Phi) is 4.52. The molecule has 1 N–H and O–H groups in total. The van der Waals surface area contributed by atoms with Crippen molar-refractivity contribution in [3.8, 4) is 0 Å². The molecule has 7 heteroatoms. The summed E-state index contributed by atoms with van der Waals surface area (Å²) in [6.45, 7) is 5.26. The summed E-state index contributed by atoms with van der Waals surface area (Å²) in [6, 6.07) is 3.86. The van der Waals surface area contributed by atoms with E-state index in [1.54, 1.807) is 6.07 Å². The zero-order valence-corrected chi connectivity index (χ0v) is 11.2. The molecule has 1 aliphatic rings. The molecule has 1 aromatic carbocycles. The molecule has 114 valence electrons. The first-order chi connectivity index (χ1) is 9.91. The number of halogens is 3. The highest BCUT2D eigenvalue weighted by molar-refractivity contribution is 5.99. The molecule has 4 nitrogen and oxygen atoms in total. The molecular formula is C14H15F3N2O2. The summed E-state index contributed by atoms with van der Waals surface area (Å²) in [5.41, 5.74) is -0.687. The minimum atomic E-state index is -4.55. The van der Waals surface area contributed by atoms with E-state index in [9.17, 15) is 18.0 Å². The molecule has 1 saturated heterocycles. The van der Waals surface area contributed by atoms with E-state index in [2.05, 4.69) is 11.9 Å². The van der Waals surface area contributed by atoms with E-state index in [1.807, 2.05) is 4.90 Å². The van der Waals surface area contributed by atoms with Crippen molar-refractivity contribution in [2.24, 2.45) is 0 Å². The van der Waals surface area contributed by atoms with Crippen molar-refractivity contribution < 1.29 is 22.7 Å². The SMILES string of the molecule is C=CC(=O)Nc1ccc(N2CCOCC2)cc1C(F)(F)F. The number of morpholine rings is 1. The van der Waals surface area contributed by atoms with Gasteiger partial charge < -0.3 is 15.0 Å². The molecular weight excluding hydrogens is 285 g/mol. The summed E-state index contributed by atoms with van der Waals surface area (Å²) in [5, 5.41) is 2.18. The Morgan fingerprint density at radius 1 is 1.33 bits per heavy atom. The molecule has 0 atom stereocenters. The van der Waals surface area contributed by atoms with Crippen molar-refractivity contribution in [3.05, 3.63) is 36.4 Å². The van der Waals surface area contributed by atoms with Gasteiger partial charge in [-0.15, -0.1) is 0 Å². The number of alkyl halides is 3. The number of benzene rings is 1. The van der Waals surface area contributed by atoms with Gasteiger partial charge in [0.05, 0.1) is 24.5 Å². The van der Waals surface area contributed by atoms with Crippen LogP contribution in [0, 0.1) is 0 Å². The van der Waals surface area contributed by atoms with Crippen molar-refractivity contribution in [1.82, 2.24) is 0 Å². The van der Waals surface area contributed by atoms with Gasteiger partial charge in [-0.1, -0.05) is 6.58 Å². The van der Waals surface area contributed by atoms with Crippen LogP contribution in [-0.4, -0.2) is 32.2 Å². The van der Waals surface area contributed by atoms with E-state index < -0.39 is 17.6 Å². The third-order valence-electron chi connectivity index (χ3n) is 3.13. The summed E-state index contributed by atoms with van der Waals surface area (Å²) >= 11 is 0. The van der Waals surface area contributed by atoms with Crippen LogP contribution in [0.3, 0.4) is 0 Å². The minimum absolute atomic E-state index is 0.274. The molecule has 1 heterocycles. The van der Waals surface area contributed by atoms with Crippen LogP contribution < -0.4 is 10.2 Å².